The Labute approximate surface area is 256 Å². The van der Waals surface area contributed by atoms with Gasteiger partial charge in [-0.25, -0.2) is 4.98 Å². The minimum atomic E-state index is -4.61. The van der Waals surface area contributed by atoms with Crippen molar-refractivity contribution in [2.24, 2.45) is 0 Å². The summed E-state index contributed by atoms with van der Waals surface area (Å²) in [7, 11) is -1.46. The molecule has 0 aliphatic heterocycles. The Morgan fingerprint density at radius 1 is 0.907 bits per heavy atom. The van der Waals surface area contributed by atoms with Gasteiger partial charge >= 0.3 is 6.18 Å². The molecule has 1 N–H and O–H groups in total. The zero-order valence-electron chi connectivity index (χ0n) is 24.4. The molecule has 0 bridgehead atoms. The number of fused-ring (bicyclic) bond motifs is 1. The van der Waals surface area contributed by atoms with Crippen LogP contribution >= 0.6 is 11.6 Å². The maximum atomic E-state index is 13.4. The third-order valence-electron chi connectivity index (χ3n) is 7.33. The molecule has 0 amide bonds. The molecule has 1 aromatic heterocycles. The van der Waals surface area contributed by atoms with Crippen LogP contribution in [-0.2, 0) is 22.4 Å². The molecule has 1 atom stereocenters. The standard InChI is InChI=1S/C34H33ClF3N2O2Si/c1-22(41)32-39-30-20-28(34(36,37)38)29(35)21-31(30)40(32)25-14-10-23(11-15-25)18-19-42-43(26-8-6-5-7-9-26)27-16-12-24(13-17-27)33(2,3)4/h5-17,20-22,41H,18-19H2,1-4H3. The Morgan fingerprint density at radius 3 is 2.12 bits per heavy atom. The number of rotatable bonds is 8. The van der Waals surface area contributed by atoms with Crippen LogP contribution in [0.5, 0.6) is 0 Å². The molecule has 223 valence electrons. The van der Waals surface area contributed by atoms with E-state index in [-0.39, 0.29) is 16.8 Å². The van der Waals surface area contributed by atoms with Crippen molar-refractivity contribution in [3.8, 4) is 5.69 Å². The van der Waals surface area contributed by atoms with Gasteiger partial charge < -0.3 is 9.53 Å². The molecular weight excluding hydrogens is 589 g/mol. The van der Waals surface area contributed by atoms with Crippen molar-refractivity contribution >= 4 is 42.0 Å². The first-order valence-electron chi connectivity index (χ1n) is 14.1. The summed E-state index contributed by atoms with van der Waals surface area (Å²) in [4.78, 5) is 4.31. The summed E-state index contributed by atoms with van der Waals surface area (Å²) in [6.45, 7) is 8.65. The van der Waals surface area contributed by atoms with Gasteiger partial charge in [-0.2, -0.15) is 13.2 Å². The quantitative estimate of drug-likeness (QED) is 0.184. The van der Waals surface area contributed by atoms with Crippen LogP contribution in [0.1, 0.15) is 56.3 Å². The lowest BCUT2D eigenvalue weighted by molar-refractivity contribution is -0.137. The Morgan fingerprint density at radius 2 is 1.53 bits per heavy atom. The van der Waals surface area contributed by atoms with E-state index in [9.17, 15) is 18.3 Å². The Bertz CT molecular complexity index is 1700. The maximum absolute atomic E-state index is 13.4. The Hall–Kier alpha value is -3.43. The van der Waals surface area contributed by atoms with E-state index in [4.69, 9.17) is 16.0 Å². The lowest BCUT2D eigenvalue weighted by atomic mass is 9.87. The van der Waals surface area contributed by atoms with E-state index in [1.165, 1.54) is 28.9 Å². The summed E-state index contributed by atoms with van der Waals surface area (Å²) in [5, 5.41) is 12.3. The molecule has 0 saturated carbocycles. The van der Waals surface area contributed by atoms with Crippen LogP contribution in [0.25, 0.3) is 16.7 Å². The van der Waals surface area contributed by atoms with Crippen LogP contribution in [0, 0.1) is 0 Å². The van der Waals surface area contributed by atoms with E-state index in [1.54, 1.807) is 4.57 Å². The summed E-state index contributed by atoms with van der Waals surface area (Å²) in [6.07, 6.45) is -4.94. The van der Waals surface area contributed by atoms with Gasteiger partial charge in [0.15, 0.2) is 0 Å². The number of aliphatic hydroxyl groups excluding tert-OH is 1. The predicted molar refractivity (Wildman–Crippen MR) is 168 cm³/mol. The number of imidazole rings is 1. The van der Waals surface area contributed by atoms with Crippen LogP contribution in [0.2, 0.25) is 5.02 Å². The summed E-state index contributed by atoms with van der Waals surface area (Å²) in [5.41, 5.74) is 2.59. The van der Waals surface area contributed by atoms with Crippen LogP contribution in [0.4, 0.5) is 13.2 Å². The van der Waals surface area contributed by atoms with E-state index in [2.05, 4.69) is 62.2 Å². The fraction of sp³-hybridized carbons (Fsp3) is 0.265. The number of hydrogen-bond donors (Lipinski definition) is 1. The molecule has 0 spiro atoms. The first-order valence-corrected chi connectivity index (χ1v) is 15.8. The average molecular weight is 622 g/mol. The van der Waals surface area contributed by atoms with Crippen molar-refractivity contribution in [3.05, 3.63) is 119 Å². The molecule has 4 nitrogen and oxygen atoms in total. The molecule has 5 aromatic rings. The fourth-order valence-corrected chi connectivity index (χ4v) is 7.22. The molecule has 0 fully saturated rings. The van der Waals surface area contributed by atoms with Gasteiger partial charge in [0, 0.05) is 12.3 Å². The van der Waals surface area contributed by atoms with E-state index in [1.807, 2.05) is 42.5 Å². The first kappa shape index (κ1) is 31.0. The number of aromatic nitrogens is 2. The molecule has 5 rings (SSSR count). The molecule has 4 aromatic carbocycles. The zero-order chi connectivity index (χ0) is 30.9. The first-order chi connectivity index (χ1) is 20.3. The van der Waals surface area contributed by atoms with E-state index >= 15 is 0 Å². The summed E-state index contributed by atoms with van der Waals surface area (Å²) < 4.78 is 48.5. The molecule has 1 unspecified atom stereocenters. The fourth-order valence-electron chi connectivity index (χ4n) is 5.01. The third-order valence-corrected chi connectivity index (χ3v) is 9.85. The van der Waals surface area contributed by atoms with Gasteiger partial charge in [-0.05, 0) is 64.5 Å². The molecular formula is C34H33ClF3N2O2Si. The molecule has 1 heterocycles. The van der Waals surface area contributed by atoms with Crippen LogP contribution in [0.3, 0.4) is 0 Å². The number of halogens is 4. The van der Waals surface area contributed by atoms with Crippen LogP contribution in [-0.4, -0.2) is 30.3 Å². The minimum absolute atomic E-state index is 0.0719. The summed E-state index contributed by atoms with van der Waals surface area (Å²) in [6, 6.07) is 28.8. The average Bonchev–Trinajstić information content (AvgIpc) is 3.33. The Balaban J connectivity index is 1.36. The second kappa shape index (κ2) is 12.3. The zero-order valence-corrected chi connectivity index (χ0v) is 26.2. The smallest absolute Gasteiger partial charge is 0.407 e. The van der Waals surface area contributed by atoms with Gasteiger partial charge in [0.25, 0.3) is 9.04 Å². The molecule has 43 heavy (non-hydrogen) atoms. The summed E-state index contributed by atoms with van der Waals surface area (Å²) in [5.74, 6) is 0.231. The molecule has 9 heteroatoms. The number of hydrogen-bond acceptors (Lipinski definition) is 3. The number of alkyl halides is 3. The lowest BCUT2D eigenvalue weighted by Crippen LogP contribution is -2.45. The van der Waals surface area contributed by atoms with Gasteiger partial charge in [0.2, 0.25) is 0 Å². The summed E-state index contributed by atoms with van der Waals surface area (Å²) >= 11 is 6.03. The van der Waals surface area contributed by atoms with E-state index < -0.39 is 31.9 Å². The number of benzene rings is 4. The second-order valence-corrected chi connectivity index (χ2v) is 14.1. The van der Waals surface area contributed by atoms with Gasteiger partial charge in [-0.1, -0.05) is 99.1 Å². The normalized spacial score (nSPS) is 13.2. The molecule has 1 radical (unpaired) electrons. The topological polar surface area (TPSA) is 47.3 Å². The third kappa shape index (κ3) is 6.88. The van der Waals surface area contributed by atoms with Gasteiger partial charge in [-0.3, -0.25) is 4.57 Å². The number of aliphatic hydroxyl groups is 1. The minimum Gasteiger partial charge on any atom is -0.407 e. The highest BCUT2D eigenvalue weighted by molar-refractivity contribution is 6.80. The highest BCUT2D eigenvalue weighted by atomic mass is 35.5. The molecule has 0 saturated heterocycles. The molecule has 0 aliphatic carbocycles. The maximum Gasteiger partial charge on any atom is 0.417 e. The van der Waals surface area contributed by atoms with Crippen molar-refractivity contribution in [1.29, 1.82) is 0 Å². The van der Waals surface area contributed by atoms with Gasteiger partial charge in [0.1, 0.15) is 11.9 Å². The second-order valence-electron chi connectivity index (χ2n) is 11.6. The van der Waals surface area contributed by atoms with Crippen LogP contribution < -0.4 is 10.4 Å². The largest absolute Gasteiger partial charge is 0.417 e. The predicted octanol–water partition coefficient (Wildman–Crippen LogP) is 7.41. The van der Waals surface area contributed by atoms with Crippen LogP contribution in [0.15, 0.2) is 91.0 Å². The van der Waals surface area contributed by atoms with E-state index in [0.29, 0.717) is 24.2 Å². The lowest BCUT2D eigenvalue weighted by Gasteiger charge is -2.21. The van der Waals surface area contributed by atoms with Crippen molar-refractivity contribution < 1.29 is 22.7 Å². The Kier molecular flexibility index (Phi) is 8.86. The highest BCUT2D eigenvalue weighted by Crippen LogP contribution is 2.38. The monoisotopic (exact) mass is 621 g/mol. The number of nitrogens with zero attached hydrogens (tertiary/aromatic N) is 2. The van der Waals surface area contributed by atoms with Crippen molar-refractivity contribution in [2.45, 2.75) is 51.8 Å². The van der Waals surface area contributed by atoms with Crippen molar-refractivity contribution in [1.82, 2.24) is 9.55 Å². The van der Waals surface area contributed by atoms with Gasteiger partial charge in [-0.15, -0.1) is 0 Å². The SMILES string of the molecule is CC(O)c1nc2cc(C(F)(F)F)c(Cl)cc2n1-c1ccc(CCO[Si](c2ccccc2)c2ccc(C(C)(C)C)cc2)cc1. The molecule has 0 aliphatic rings. The highest BCUT2D eigenvalue weighted by Gasteiger charge is 2.34. The van der Waals surface area contributed by atoms with Crippen molar-refractivity contribution in [3.63, 3.8) is 0 Å². The van der Waals surface area contributed by atoms with Crippen molar-refractivity contribution in [2.75, 3.05) is 6.61 Å². The van der Waals surface area contributed by atoms with Gasteiger partial charge in [0.05, 0.1) is 21.6 Å². The van der Waals surface area contributed by atoms with E-state index in [0.717, 1.165) is 11.6 Å².